The van der Waals surface area contributed by atoms with E-state index in [1.165, 1.54) is 20.5 Å². The molecular weight excluding hydrogens is 338 g/mol. The van der Waals surface area contributed by atoms with Crippen molar-refractivity contribution in [3.05, 3.63) is 47.3 Å². The van der Waals surface area contributed by atoms with Crippen molar-refractivity contribution in [2.24, 2.45) is 5.92 Å². The van der Waals surface area contributed by atoms with Crippen LogP contribution in [0.15, 0.2) is 30.6 Å². The number of carboxylic acid groups (broad SMARTS) is 1. The minimum Gasteiger partial charge on any atom is -0.481 e. The molecule has 0 radical (unpaired) electrons. The summed E-state index contributed by atoms with van der Waals surface area (Å²) in [7, 11) is 2.74. The van der Waals surface area contributed by atoms with Crippen molar-refractivity contribution in [3.63, 3.8) is 0 Å². The predicted octanol–water partition coefficient (Wildman–Crippen LogP) is 1.48. The quantitative estimate of drug-likeness (QED) is 0.734. The van der Waals surface area contributed by atoms with Gasteiger partial charge in [-0.25, -0.2) is 9.97 Å². The zero-order valence-corrected chi connectivity index (χ0v) is 14.9. The maximum absolute atomic E-state index is 12.5. The number of hydrogen-bond acceptors (Lipinski definition) is 6. The highest BCUT2D eigenvalue weighted by Crippen LogP contribution is 2.23. The van der Waals surface area contributed by atoms with Crippen molar-refractivity contribution in [1.29, 1.82) is 0 Å². The second-order valence-electron chi connectivity index (χ2n) is 5.71. The summed E-state index contributed by atoms with van der Waals surface area (Å²) in [5, 5.41) is 12.1. The molecule has 1 atom stereocenters. The smallest absolute Gasteiger partial charge is 0.308 e. The molecule has 0 aliphatic rings. The van der Waals surface area contributed by atoms with Gasteiger partial charge in [-0.15, -0.1) is 0 Å². The summed E-state index contributed by atoms with van der Waals surface area (Å²) in [6.07, 6.45) is 1.52. The third kappa shape index (κ3) is 4.69. The van der Waals surface area contributed by atoms with Gasteiger partial charge in [-0.1, -0.05) is 29.8 Å². The standard InChI is InChI=1S/C18H21N3O5/c1-11-5-4-6-12(7-11)8-13(18(23)24)9-19-15(22)14-16(25-2)20-10-21-17(14)26-3/h4-7,10,13H,8-9H2,1-3H3,(H,19,22)(H,23,24). The number of nitrogens with zero attached hydrogens (tertiary/aromatic N) is 2. The Morgan fingerprint density at radius 2 is 1.85 bits per heavy atom. The Labute approximate surface area is 151 Å². The van der Waals surface area contributed by atoms with Gasteiger partial charge in [0.25, 0.3) is 5.91 Å². The highest BCUT2D eigenvalue weighted by atomic mass is 16.5. The molecule has 2 N–H and O–H groups in total. The van der Waals surface area contributed by atoms with E-state index in [1.807, 2.05) is 31.2 Å². The van der Waals surface area contributed by atoms with E-state index in [4.69, 9.17) is 9.47 Å². The normalized spacial score (nSPS) is 11.5. The molecule has 0 spiro atoms. The summed E-state index contributed by atoms with van der Waals surface area (Å²) in [4.78, 5) is 31.8. The first kappa shape index (κ1) is 19.2. The zero-order chi connectivity index (χ0) is 19.1. The molecule has 0 fully saturated rings. The molecule has 0 aliphatic heterocycles. The van der Waals surface area contributed by atoms with E-state index < -0.39 is 17.8 Å². The van der Waals surface area contributed by atoms with Crippen molar-refractivity contribution >= 4 is 11.9 Å². The Morgan fingerprint density at radius 1 is 1.19 bits per heavy atom. The molecule has 2 rings (SSSR count). The van der Waals surface area contributed by atoms with E-state index in [9.17, 15) is 14.7 Å². The highest BCUT2D eigenvalue weighted by Gasteiger charge is 2.24. The van der Waals surface area contributed by atoms with Gasteiger partial charge in [-0.3, -0.25) is 9.59 Å². The predicted molar refractivity (Wildman–Crippen MR) is 93.5 cm³/mol. The Balaban J connectivity index is 2.12. The molecule has 0 saturated heterocycles. The number of carbonyl (C=O) groups is 2. The number of benzene rings is 1. The maximum atomic E-state index is 12.5. The van der Waals surface area contributed by atoms with Crippen LogP contribution >= 0.6 is 0 Å². The number of aliphatic carboxylic acids is 1. The zero-order valence-electron chi connectivity index (χ0n) is 14.9. The summed E-state index contributed by atoms with van der Waals surface area (Å²) in [5.74, 6) is -2.22. The van der Waals surface area contributed by atoms with Gasteiger partial charge in [-0.2, -0.15) is 0 Å². The average molecular weight is 359 g/mol. The molecule has 1 heterocycles. The average Bonchev–Trinajstić information content (AvgIpc) is 2.63. The second-order valence-corrected chi connectivity index (χ2v) is 5.71. The highest BCUT2D eigenvalue weighted by molar-refractivity contribution is 5.98. The lowest BCUT2D eigenvalue weighted by Gasteiger charge is -2.15. The van der Waals surface area contributed by atoms with Crippen LogP contribution in [0.5, 0.6) is 11.8 Å². The van der Waals surface area contributed by atoms with E-state index in [-0.39, 0.29) is 23.9 Å². The van der Waals surface area contributed by atoms with Gasteiger partial charge >= 0.3 is 5.97 Å². The van der Waals surface area contributed by atoms with Gasteiger partial charge < -0.3 is 19.9 Å². The first-order valence-electron chi connectivity index (χ1n) is 7.95. The van der Waals surface area contributed by atoms with E-state index in [2.05, 4.69) is 15.3 Å². The lowest BCUT2D eigenvalue weighted by atomic mass is 9.98. The second kappa shape index (κ2) is 8.80. The molecule has 2 aromatic rings. The number of methoxy groups -OCH3 is 2. The van der Waals surface area contributed by atoms with Crippen LogP contribution in [0.25, 0.3) is 0 Å². The molecule has 1 aromatic heterocycles. The Bertz CT molecular complexity index is 772. The lowest BCUT2D eigenvalue weighted by Crippen LogP contribution is -2.34. The van der Waals surface area contributed by atoms with Gasteiger partial charge in [-0.05, 0) is 18.9 Å². The van der Waals surface area contributed by atoms with Crippen molar-refractivity contribution in [2.75, 3.05) is 20.8 Å². The molecule has 1 aromatic carbocycles. The fourth-order valence-corrected chi connectivity index (χ4v) is 2.53. The van der Waals surface area contributed by atoms with E-state index in [1.54, 1.807) is 0 Å². The van der Waals surface area contributed by atoms with Crippen LogP contribution in [0.2, 0.25) is 0 Å². The summed E-state index contributed by atoms with van der Waals surface area (Å²) in [6.45, 7) is 1.89. The van der Waals surface area contributed by atoms with Crippen LogP contribution in [-0.4, -0.2) is 47.7 Å². The topological polar surface area (TPSA) is 111 Å². The monoisotopic (exact) mass is 359 g/mol. The fraction of sp³-hybridized carbons (Fsp3) is 0.333. The van der Waals surface area contributed by atoms with Crippen molar-refractivity contribution in [1.82, 2.24) is 15.3 Å². The maximum Gasteiger partial charge on any atom is 0.308 e. The Kier molecular flexibility index (Phi) is 6.48. The minimum absolute atomic E-state index is 0.0252. The van der Waals surface area contributed by atoms with Crippen LogP contribution in [0, 0.1) is 12.8 Å². The number of amides is 1. The van der Waals surface area contributed by atoms with Crippen LogP contribution in [0.4, 0.5) is 0 Å². The summed E-state index contributed by atoms with van der Waals surface area (Å²) in [6, 6.07) is 7.60. The van der Waals surface area contributed by atoms with Crippen LogP contribution in [0.1, 0.15) is 21.5 Å². The molecule has 8 heteroatoms. The molecule has 1 unspecified atom stereocenters. The van der Waals surface area contributed by atoms with Crippen LogP contribution < -0.4 is 14.8 Å². The summed E-state index contributed by atoms with van der Waals surface area (Å²) in [5.41, 5.74) is 1.97. The van der Waals surface area contributed by atoms with Crippen molar-refractivity contribution in [3.8, 4) is 11.8 Å². The Hall–Kier alpha value is -3.16. The minimum atomic E-state index is -0.991. The van der Waals surface area contributed by atoms with E-state index >= 15 is 0 Å². The van der Waals surface area contributed by atoms with Gasteiger partial charge in [0, 0.05) is 6.54 Å². The van der Waals surface area contributed by atoms with Gasteiger partial charge in [0.15, 0.2) is 5.56 Å². The number of ether oxygens (including phenoxy) is 2. The number of hydrogen-bond donors (Lipinski definition) is 2. The number of nitrogens with one attached hydrogen (secondary N) is 1. The van der Waals surface area contributed by atoms with E-state index in [0.29, 0.717) is 6.42 Å². The molecule has 0 bridgehead atoms. The fourth-order valence-electron chi connectivity index (χ4n) is 2.53. The summed E-state index contributed by atoms with van der Waals surface area (Å²) < 4.78 is 10.1. The lowest BCUT2D eigenvalue weighted by molar-refractivity contribution is -0.141. The number of rotatable bonds is 8. The molecule has 0 aliphatic carbocycles. The Morgan fingerprint density at radius 3 is 2.38 bits per heavy atom. The third-order valence-corrected chi connectivity index (χ3v) is 3.81. The first-order chi connectivity index (χ1) is 12.5. The first-order valence-corrected chi connectivity index (χ1v) is 7.95. The molecule has 1 amide bonds. The van der Waals surface area contributed by atoms with Crippen molar-refractivity contribution < 1.29 is 24.2 Å². The molecule has 26 heavy (non-hydrogen) atoms. The molecule has 138 valence electrons. The molecule has 0 saturated carbocycles. The molecular formula is C18H21N3O5. The number of aryl methyl sites for hydroxylation is 1. The number of carboxylic acids is 1. The number of aromatic nitrogens is 2. The van der Waals surface area contributed by atoms with Gasteiger partial charge in [0.05, 0.1) is 20.1 Å². The SMILES string of the molecule is COc1ncnc(OC)c1C(=O)NCC(Cc1cccc(C)c1)C(=O)O. The molecule has 8 nitrogen and oxygen atoms in total. The van der Waals surface area contributed by atoms with Crippen LogP contribution in [-0.2, 0) is 11.2 Å². The van der Waals surface area contributed by atoms with Gasteiger partial charge in [0.1, 0.15) is 6.33 Å². The third-order valence-electron chi connectivity index (χ3n) is 3.81. The van der Waals surface area contributed by atoms with Gasteiger partial charge in [0.2, 0.25) is 11.8 Å². The largest absolute Gasteiger partial charge is 0.481 e. The summed E-state index contributed by atoms with van der Waals surface area (Å²) >= 11 is 0. The number of carbonyl (C=O) groups excluding carboxylic acids is 1. The van der Waals surface area contributed by atoms with Crippen LogP contribution in [0.3, 0.4) is 0 Å². The van der Waals surface area contributed by atoms with E-state index in [0.717, 1.165) is 11.1 Å². The van der Waals surface area contributed by atoms with Crippen molar-refractivity contribution in [2.45, 2.75) is 13.3 Å².